The van der Waals surface area contributed by atoms with Crippen LogP contribution in [0.5, 0.6) is 0 Å². The van der Waals surface area contributed by atoms with Crippen LogP contribution in [0.15, 0.2) is 57.7 Å². The summed E-state index contributed by atoms with van der Waals surface area (Å²) in [4.78, 5) is 19.3. The number of hydrogen-bond donors (Lipinski definition) is 0. The highest BCUT2D eigenvalue weighted by Gasteiger charge is 2.30. The number of ketones is 1. The zero-order valence-corrected chi connectivity index (χ0v) is 14.7. The Balaban J connectivity index is 1.38. The van der Waals surface area contributed by atoms with E-state index in [1.165, 1.54) is 0 Å². The topological polar surface area (TPSA) is 72.4 Å². The van der Waals surface area contributed by atoms with E-state index < -0.39 is 0 Å². The first kappa shape index (κ1) is 16.7. The summed E-state index contributed by atoms with van der Waals surface area (Å²) >= 11 is 0. The molecule has 0 saturated carbocycles. The summed E-state index contributed by atoms with van der Waals surface area (Å²) in [5.74, 6) is 1.97. The number of hydrogen-bond acceptors (Lipinski definition) is 6. The molecule has 134 valence electrons. The molecule has 1 saturated heterocycles. The fraction of sp³-hybridized carbons (Fsp3) is 0.350. The van der Waals surface area contributed by atoms with Crippen LogP contribution in [-0.4, -0.2) is 33.9 Å². The largest absolute Gasteiger partial charge is 0.461 e. The Labute approximate surface area is 151 Å². The van der Waals surface area contributed by atoms with Gasteiger partial charge in [-0.3, -0.25) is 9.69 Å². The number of rotatable bonds is 5. The summed E-state index contributed by atoms with van der Waals surface area (Å²) < 4.78 is 10.7. The van der Waals surface area contributed by atoms with Gasteiger partial charge in [0, 0.05) is 11.5 Å². The van der Waals surface area contributed by atoms with Gasteiger partial charge >= 0.3 is 0 Å². The Morgan fingerprint density at radius 1 is 1.15 bits per heavy atom. The number of carbonyl (C=O) groups is 1. The molecule has 0 unspecified atom stereocenters. The van der Waals surface area contributed by atoms with Gasteiger partial charge in [0.15, 0.2) is 11.5 Å². The summed E-state index contributed by atoms with van der Waals surface area (Å²) in [5.41, 5.74) is 0.805. The molecule has 2 aromatic heterocycles. The second-order valence-corrected chi connectivity index (χ2v) is 6.65. The van der Waals surface area contributed by atoms with Gasteiger partial charge in [0.25, 0.3) is 0 Å². The van der Waals surface area contributed by atoms with Crippen LogP contribution < -0.4 is 0 Å². The third kappa shape index (κ3) is 3.32. The highest BCUT2D eigenvalue weighted by atomic mass is 16.5. The summed E-state index contributed by atoms with van der Waals surface area (Å²) in [6, 6.07) is 13.2. The van der Waals surface area contributed by atoms with Crippen molar-refractivity contribution in [1.82, 2.24) is 15.0 Å². The molecule has 1 fully saturated rings. The molecule has 26 heavy (non-hydrogen) atoms. The number of furan rings is 1. The highest BCUT2D eigenvalue weighted by molar-refractivity contribution is 5.97. The van der Waals surface area contributed by atoms with E-state index in [-0.39, 0.29) is 17.7 Å². The molecule has 0 aliphatic carbocycles. The van der Waals surface area contributed by atoms with Crippen LogP contribution in [0.25, 0.3) is 11.6 Å². The first-order valence-corrected chi connectivity index (χ1v) is 8.93. The highest BCUT2D eigenvalue weighted by Crippen LogP contribution is 2.28. The molecule has 0 radical (unpaired) electrons. The lowest BCUT2D eigenvalue weighted by Crippen LogP contribution is -2.38. The van der Waals surface area contributed by atoms with Crippen molar-refractivity contribution >= 4 is 5.78 Å². The molecule has 6 nitrogen and oxygen atoms in total. The SMILES string of the molecule is C[C@@H](c1nc(-c2ccco2)no1)N1CCC(C(=O)c2ccccc2)CC1. The van der Waals surface area contributed by atoms with Crippen molar-refractivity contribution in [2.75, 3.05) is 13.1 Å². The van der Waals surface area contributed by atoms with Crippen molar-refractivity contribution in [2.24, 2.45) is 5.92 Å². The number of piperidine rings is 1. The Kier molecular flexibility index (Phi) is 4.67. The third-order valence-electron chi connectivity index (χ3n) is 5.05. The quantitative estimate of drug-likeness (QED) is 0.647. The molecule has 4 rings (SSSR count). The van der Waals surface area contributed by atoms with E-state index in [0.717, 1.165) is 31.5 Å². The van der Waals surface area contributed by atoms with Crippen LogP contribution in [0.3, 0.4) is 0 Å². The monoisotopic (exact) mass is 351 g/mol. The maximum Gasteiger partial charge on any atom is 0.244 e. The van der Waals surface area contributed by atoms with Gasteiger partial charge in [-0.15, -0.1) is 0 Å². The Morgan fingerprint density at radius 2 is 1.92 bits per heavy atom. The van der Waals surface area contributed by atoms with Crippen LogP contribution >= 0.6 is 0 Å². The molecule has 1 aliphatic rings. The van der Waals surface area contributed by atoms with Crippen molar-refractivity contribution in [3.8, 4) is 11.6 Å². The Morgan fingerprint density at radius 3 is 2.62 bits per heavy atom. The minimum Gasteiger partial charge on any atom is -0.461 e. The average Bonchev–Trinajstić information content (AvgIpc) is 3.39. The van der Waals surface area contributed by atoms with Crippen molar-refractivity contribution in [1.29, 1.82) is 0 Å². The summed E-state index contributed by atoms with van der Waals surface area (Å²) in [6.07, 6.45) is 3.28. The molecule has 1 aliphatic heterocycles. The van der Waals surface area contributed by atoms with E-state index in [9.17, 15) is 4.79 Å². The standard InChI is InChI=1S/C20H21N3O3/c1-14(20-21-19(22-26-20)17-8-5-13-25-17)23-11-9-16(10-12-23)18(24)15-6-3-2-4-7-15/h2-8,13-14,16H,9-12H2,1H3/t14-/m0/s1. The lowest BCUT2D eigenvalue weighted by Gasteiger charge is -2.33. The van der Waals surface area contributed by atoms with E-state index in [0.29, 0.717) is 17.5 Å². The molecule has 0 N–H and O–H groups in total. The van der Waals surface area contributed by atoms with Crippen LogP contribution in [-0.2, 0) is 0 Å². The second-order valence-electron chi connectivity index (χ2n) is 6.65. The molecule has 3 heterocycles. The van der Waals surface area contributed by atoms with E-state index in [1.807, 2.05) is 30.3 Å². The van der Waals surface area contributed by atoms with Crippen LogP contribution in [0.1, 0.15) is 42.1 Å². The minimum absolute atomic E-state index is 0.0130. The maximum absolute atomic E-state index is 12.6. The molecule has 0 spiro atoms. The predicted octanol–water partition coefficient (Wildman–Crippen LogP) is 3.99. The fourth-order valence-corrected chi connectivity index (χ4v) is 3.45. The molecule has 1 aromatic carbocycles. The predicted molar refractivity (Wildman–Crippen MR) is 95.5 cm³/mol. The lowest BCUT2D eigenvalue weighted by molar-refractivity contribution is 0.0775. The van der Waals surface area contributed by atoms with Crippen molar-refractivity contribution < 1.29 is 13.7 Å². The number of benzene rings is 1. The number of aromatic nitrogens is 2. The smallest absolute Gasteiger partial charge is 0.244 e. The fourth-order valence-electron chi connectivity index (χ4n) is 3.45. The number of likely N-dealkylation sites (tertiary alicyclic amines) is 1. The van der Waals surface area contributed by atoms with Crippen LogP contribution in [0.2, 0.25) is 0 Å². The molecule has 0 bridgehead atoms. The van der Waals surface area contributed by atoms with Crippen LogP contribution in [0, 0.1) is 5.92 Å². The first-order valence-electron chi connectivity index (χ1n) is 8.93. The van der Waals surface area contributed by atoms with Crippen molar-refractivity contribution in [3.63, 3.8) is 0 Å². The molecular formula is C20H21N3O3. The zero-order chi connectivity index (χ0) is 17.9. The van der Waals surface area contributed by atoms with Gasteiger partial charge in [0.1, 0.15) is 0 Å². The lowest BCUT2D eigenvalue weighted by atomic mass is 9.88. The summed E-state index contributed by atoms with van der Waals surface area (Å²) in [6.45, 7) is 3.73. The van der Waals surface area contributed by atoms with Gasteiger partial charge in [0.05, 0.1) is 12.3 Å². The number of Topliss-reactive ketones (excluding diaryl/α,β-unsaturated/α-hetero) is 1. The molecular weight excluding hydrogens is 330 g/mol. The average molecular weight is 351 g/mol. The minimum atomic E-state index is 0.0130. The third-order valence-corrected chi connectivity index (χ3v) is 5.05. The summed E-state index contributed by atoms with van der Waals surface area (Å²) in [5, 5.41) is 4.00. The van der Waals surface area contributed by atoms with Gasteiger partial charge in [-0.25, -0.2) is 0 Å². The van der Waals surface area contributed by atoms with Crippen molar-refractivity contribution in [2.45, 2.75) is 25.8 Å². The van der Waals surface area contributed by atoms with Gasteiger partial charge in [-0.05, 0) is 45.0 Å². The van der Waals surface area contributed by atoms with Gasteiger partial charge in [-0.1, -0.05) is 35.5 Å². The van der Waals surface area contributed by atoms with E-state index >= 15 is 0 Å². The molecule has 0 amide bonds. The van der Waals surface area contributed by atoms with Crippen LogP contribution in [0.4, 0.5) is 0 Å². The number of nitrogens with zero attached hydrogens (tertiary/aromatic N) is 3. The van der Waals surface area contributed by atoms with E-state index in [1.54, 1.807) is 18.4 Å². The maximum atomic E-state index is 12.6. The van der Waals surface area contributed by atoms with Gasteiger partial charge in [-0.2, -0.15) is 4.98 Å². The Bertz CT molecular complexity index is 850. The summed E-state index contributed by atoms with van der Waals surface area (Å²) in [7, 11) is 0. The second kappa shape index (κ2) is 7.25. The normalized spacial score (nSPS) is 17.3. The number of carbonyl (C=O) groups excluding carboxylic acids is 1. The molecule has 6 heteroatoms. The first-order chi connectivity index (χ1) is 12.7. The van der Waals surface area contributed by atoms with E-state index in [4.69, 9.17) is 8.94 Å². The van der Waals surface area contributed by atoms with Crippen molar-refractivity contribution in [3.05, 3.63) is 60.2 Å². The zero-order valence-electron chi connectivity index (χ0n) is 14.7. The Hall–Kier alpha value is -2.73. The molecule has 3 aromatic rings. The van der Waals surface area contributed by atoms with E-state index in [2.05, 4.69) is 22.0 Å². The molecule has 1 atom stereocenters. The van der Waals surface area contributed by atoms with Gasteiger partial charge in [0.2, 0.25) is 11.7 Å². The van der Waals surface area contributed by atoms with Gasteiger partial charge < -0.3 is 8.94 Å².